The quantitative estimate of drug-likeness (QED) is 0.295. The number of ether oxygens (including phenoxy) is 1. The van der Waals surface area contributed by atoms with E-state index in [1.54, 1.807) is 32.9 Å². The fourth-order valence-electron chi connectivity index (χ4n) is 5.72. The molecule has 43 heavy (non-hydrogen) atoms. The van der Waals surface area contributed by atoms with Gasteiger partial charge in [0, 0.05) is 18.3 Å². The first-order chi connectivity index (χ1) is 20.4. The van der Waals surface area contributed by atoms with Crippen molar-refractivity contribution in [2.24, 2.45) is 5.41 Å². The Kier molecular flexibility index (Phi) is 9.49. The van der Waals surface area contributed by atoms with Crippen molar-refractivity contribution in [3.05, 3.63) is 80.6 Å². The van der Waals surface area contributed by atoms with Gasteiger partial charge in [-0.15, -0.1) is 0 Å². The summed E-state index contributed by atoms with van der Waals surface area (Å²) in [6.07, 6.45) is 2.60. The normalized spacial score (nSPS) is 17.4. The average Bonchev–Trinajstić information content (AvgIpc) is 3.41. The Morgan fingerprint density at radius 1 is 1.23 bits per heavy atom. The molecule has 0 saturated carbocycles. The predicted octanol–water partition coefficient (Wildman–Crippen LogP) is 4.80. The third kappa shape index (κ3) is 6.38. The number of carboxylic acids is 1. The summed E-state index contributed by atoms with van der Waals surface area (Å²) in [4.78, 5) is 57.3. The molecule has 3 heterocycles. The zero-order valence-electron chi connectivity index (χ0n) is 24.2. The third-order valence-electron chi connectivity index (χ3n) is 8.09. The molecule has 3 aromatic rings. The summed E-state index contributed by atoms with van der Waals surface area (Å²) in [5.41, 5.74) is -0.732. The second kappa shape index (κ2) is 12.9. The topological polar surface area (TPSA) is 155 Å². The number of hydrogen-bond donors (Lipinski definition) is 3. The average molecular weight is 614 g/mol. The summed E-state index contributed by atoms with van der Waals surface area (Å²) in [5.74, 6) is -2.82. The number of hydrogen-bond acceptors (Lipinski definition) is 7. The number of aliphatic carboxylic acids is 1. The molecule has 0 bridgehead atoms. The van der Waals surface area contributed by atoms with Crippen LogP contribution in [0.1, 0.15) is 74.1 Å². The molecular weight excluding hydrogens is 581 g/mol. The predicted molar refractivity (Wildman–Crippen MR) is 156 cm³/mol. The zero-order valence-corrected chi connectivity index (χ0v) is 24.9. The first kappa shape index (κ1) is 31.6. The largest absolute Gasteiger partial charge is 0.481 e. The molecule has 228 valence electrons. The minimum Gasteiger partial charge on any atom is -0.481 e. The highest BCUT2D eigenvalue weighted by molar-refractivity contribution is 6.32. The molecule has 11 nitrogen and oxygen atoms in total. The van der Waals surface area contributed by atoms with Crippen molar-refractivity contribution in [2.45, 2.75) is 71.5 Å². The number of pyridine rings is 1. The molecule has 1 saturated heterocycles. The minimum absolute atomic E-state index is 0.0264. The number of carbonyl (C=O) groups is 3. The molecule has 1 fully saturated rings. The second-order valence-electron chi connectivity index (χ2n) is 10.6. The van der Waals surface area contributed by atoms with Crippen molar-refractivity contribution >= 4 is 29.4 Å². The minimum atomic E-state index is -1.22. The fraction of sp³-hybridized carbons (Fsp3) is 0.400. The molecule has 2 aromatic heterocycles. The number of nitrogens with one attached hydrogen (secondary N) is 2. The molecule has 4 rings (SSSR count). The monoisotopic (exact) mass is 613 g/mol. The van der Waals surface area contributed by atoms with E-state index in [4.69, 9.17) is 16.3 Å². The van der Waals surface area contributed by atoms with Gasteiger partial charge in [-0.05, 0) is 63.3 Å². The van der Waals surface area contributed by atoms with Gasteiger partial charge in [-0.2, -0.15) is 5.10 Å². The number of likely N-dealkylation sites (tertiary alicyclic amines) is 1. The highest BCUT2D eigenvalue weighted by Gasteiger charge is 2.52. The van der Waals surface area contributed by atoms with Gasteiger partial charge in [0.05, 0.1) is 22.7 Å². The van der Waals surface area contributed by atoms with Crippen LogP contribution in [0.2, 0.25) is 5.02 Å². The van der Waals surface area contributed by atoms with E-state index in [2.05, 4.69) is 20.5 Å². The Morgan fingerprint density at radius 3 is 2.58 bits per heavy atom. The Hall–Kier alpha value is -4.32. The molecule has 13 heteroatoms. The van der Waals surface area contributed by atoms with Gasteiger partial charge < -0.3 is 20.1 Å². The van der Waals surface area contributed by atoms with Gasteiger partial charge in [0.1, 0.15) is 16.9 Å². The third-order valence-corrected chi connectivity index (χ3v) is 8.36. The van der Waals surface area contributed by atoms with E-state index in [9.17, 15) is 28.7 Å². The maximum absolute atomic E-state index is 14.2. The lowest BCUT2D eigenvalue weighted by molar-refractivity contribution is -0.157. The van der Waals surface area contributed by atoms with Crippen LogP contribution in [-0.2, 0) is 9.59 Å². The Balaban J connectivity index is 1.58. The van der Waals surface area contributed by atoms with Gasteiger partial charge in [-0.25, -0.2) is 14.5 Å². The van der Waals surface area contributed by atoms with Gasteiger partial charge in [0.2, 0.25) is 11.8 Å². The van der Waals surface area contributed by atoms with Crippen LogP contribution >= 0.6 is 11.6 Å². The summed E-state index contributed by atoms with van der Waals surface area (Å²) in [6, 6.07) is 6.28. The number of H-pyrrole nitrogens is 1. The second-order valence-corrected chi connectivity index (χ2v) is 11.0. The van der Waals surface area contributed by atoms with Gasteiger partial charge in [-0.3, -0.25) is 19.2 Å². The number of carbonyl (C=O) groups excluding carboxylic acids is 2. The summed E-state index contributed by atoms with van der Waals surface area (Å²) < 4.78 is 19.7. The van der Waals surface area contributed by atoms with E-state index in [0.29, 0.717) is 24.1 Å². The van der Waals surface area contributed by atoms with Crippen molar-refractivity contribution in [1.29, 1.82) is 0 Å². The molecular formula is C30H33ClFN5O6. The number of aryl methyl sites for hydroxylation is 1. The van der Waals surface area contributed by atoms with Crippen LogP contribution in [0.3, 0.4) is 0 Å². The number of amides is 2. The number of nitrogens with zero attached hydrogens (tertiary/aromatic N) is 3. The number of halogens is 2. The summed E-state index contributed by atoms with van der Waals surface area (Å²) >= 11 is 6.29. The Bertz CT molecular complexity index is 1590. The summed E-state index contributed by atoms with van der Waals surface area (Å²) in [6.45, 7) is 6.71. The van der Waals surface area contributed by atoms with Crippen molar-refractivity contribution in [2.75, 3.05) is 0 Å². The molecule has 2 amide bonds. The molecule has 1 aromatic carbocycles. The lowest BCUT2D eigenvalue weighted by Crippen LogP contribution is -2.55. The zero-order chi connectivity index (χ0) is 31.5. The molecule has 0 spiro atoms. The van der Waals surface area contributed by atoms with E-state index >= 15 is 0 Å². The van der Waals surface area contributed by atoms with Crippen LogP contribution in [0.4, 0.5) is 4.39 Å². The molecule has 3 N–H and O–H groups in total. The number of rotatable bonds is 10. The van der Waals surface area contributed by atoms with Gasteiger partial charge in [-0.1, -0.05) is 37.6 Å². The van der Waals surface area contributed by atoms with Crippen LogP contribution in [0.5, 0.6) is 11.6 Å². The van der Waals surface area contributed by atoms with Crippen LogP contribution < -0.4 is 15.6 Å². The SMILES string of the molecule is CCC(CC)(C(=O)O)[C@H]1CC[C@@H](c2cccc(F)c2)N1C(=O)[C@@H](C)NC(=O)c1cnc(Oc2cc(C)n[nH]c2=O)c(Cl)c1. The lowest BCUT2D eigenvalue weighted by Gasteiger charge is -2.42. The molecule has 1 aliphatic rings. The highest BCUT2D eigenvalue weighted by atomic mass is 35.5. The van der Waals surface area contributed by atoms with E-state index < -0.39 is 52.7 Å². The van der Waals surface area contributed by atoms with Gasteiger partial charge >= 0.3 is 11.5 Å². The standard InChI is InChI=1S/C30H33ClFN5O6/c1-5-30(6-2,29(41)42)24-11-10-22(18-8-7-9-20(32)13-18)37(24)28(40)17(4)34-25(38)19-14-21(31)27(33-15-19)43-23-12-16(3)35-36-26(23)39/h7-9,12-15,17,22,24H,5-6,10-11H2,1-4H3,(H,34,38)(H,36,39)(H,41,42)/t17-,22+,24-/m1/s1. The van der Waals surface area contributed by atoms with Crippen molar-refractivity contribution in [1.82, 2.24) is 25.4 Å². The Labute approximate surface area is 252 Å². The molecule has 0 radical (unpaired) electrons. The van der Waals surface area contributed by atoms with E-state index in [1.807, 2.05) is 0 Å². The van der Waals surface area contributed by atoms with E-state index in [-0.39, 0.29) is 35.1 Å². The smallest absolute Gasteiger partial charge is 0.311 e. The molecule has 0 unspecified atom stereocenters. The Morgan fingerprint density at radius 2 is 1.95 bits per heavy atom. The number of aromatic nitrogens is 3. The van der Waals surface area contributed by atoms with Crippen LogP contribution in [-0.4, -0.2) is 55.1 Å². The number of benzene rings is 1. The summed E-state index contributed by atoms with van der Waals surface area (Å²) in [5, 5.41) is 18.9. The van der Waals surface area contributed by atoms with Crippen LogP contribution in [0, 0.1) is 18.2 Å². The lowest BCUT2D eigenvalue weighted by atomic mass is 9.74. The van der Waals surface area contributed by atoms with E-state index in [1.165, 1.54) is 42.3 Å². The van der Waals surface area contributed by atoms with Crippen molar-refractivity contribution < 1.29 is 28.6 Å². The van der Waals surface area contributed by atoms with Crippen LogP contribution in [0.15, 0.2) is 47.4 Å². The van der Waals surface area contributed by atoms with E-state index in [0.717, 1.165) is 0 Å². The summed E-state index contributed by atoms with van der Waals surface area (Å²) in [7, 11) is 0. The maximum Gasteiger partial charge on any atom is 0.311 e. The van der Waals surface area contributed by atoms with Gasteiger partial charge in [0.15, 0.2) is 5.75 Å². The van der Waals surface area contributed by atoms with Crippen molar-refractivity contribution in [3.8, 4) is 11.6 Å². The first-order valence-electron chi connectivity index (χ1n) is 13.9. The molecule has 3 atom stereocenters. The fourth-order valence-corrected chi connectivity index (χ4v) is 5.92. The van der Waals surface area contributed by atoms with Crippen molar-refractivity contribution in [3.63, 3.8) is 0 Å². The first-order valence-corrected chi connectivity index (χ1v) is 14.3. The van der Waals surface area contributed by atoms with Crippen LogP contribution in [0.25, 0.3) is 0 Å². The number of aromatic amines is 1. The highest BCUT2D eigenvalue weighted by Crippen LogP contribution is 2.47. The molecule has 1 aliphatic heterocycles. The molecule has 0 aliphatic carbocycles. The van der Waals surface area contributed by atoms with Gasteiger partial charge in [0.25, 0.3) is 5.91 Å². The maximum atomic E-state index is 14.2. The number of carboxylic acid groups (broad SMARTS) is 1.